The summed E-state index contributed by atoms with van der Waals surface area (Å²) in [6, 6.07) is 0.740. The molecule has 0 atom stereocenters. The highest BCUT2D eigenvalue weighted by molar-refractivity contribution is 5.49. The van der Waals surface area contributed by atoms with Crippen LogP contribution < -0.4 is 10.3 Å². The predicted octanol–water partition coefficient (Wildman–Crippen LogP) is 1.23. The van der Waals surface area contributed by atoms with Gasteiger partial charge in [-0.2, -0.15) is 0 Å². The van der Waals surface area contributed by atoms with Gasteiger partial charge in [0.05, 0.1) is 18.1 Å². The number of H-pyrrole nitrogens is 1. The number of nitrogens with one attached hydrogen (secondary N) is 1. The number of pyridine rings is 1. The van der Waals surface area contributed by atoms with Crippen LogP contribution in [0.15, 0.2) is 10.9 Å². The molecule has 8 heteroatoms. The van der Waals surface area contributed by atoms with Gasteiger partial charge >= 0.3 is 5.69 Å². The van der Waals surface area contributed by atoms with Crippen molar-refractivity contribution in [1.82, 2.24) is 4.98 Å². The summed E-state index contributed by atoms with van der Waals surface area (Å²) < 4.78 is 29.2. The van der Waals surface area contributed by atoms with E-state index in [9.17, 15) is 23.7 Å². The highest BCUT2D eigenvalue weighted by Crippen LogP contribution is 2.33. The zero-order valence-electron chi connectivity index (χ0n) is 7.49. The Morgan fingerprint density at radius 2 is 2.20 bits per heavy atom. The molecule has 1 N–H and O–H groups in total. The fourth-order valence-electron chi connectivity index (χ4n) is 1.05. The van der Waals surface area contributed by atoms with E-state index in [-0.39, 0.29) is 0 Å². The monoisotopic (exact) mass is 220 g/mol. The van der Waals surface area contributed by atoms with E-state index in [1.54, 1.807) is 4.98 Å². The van der Waals surface area contributed by atoms with Crippen molar-refractivity contribution in [2.45, 2.75) is 6.43 Å². The molecule has 0 amide bonds. The first-order valence-electron chi connectivity index (χ1n) is 3.71. The molecule has 0 aliphatic heterocycles. The maximum absolute atomic E-state index is 12.4. The molecule has 0 aliphatic rings. The van der Waals surface area contributed by atoms with Gasteiger partial charge in [-0.3, -0.25) is 14.9 Å². The number of hydrogen-bond acceptors (Lipinski definition) is 4. The van der Waals surface area contributed by atoms with Gasteiger partial charge in [-0.05, 0) is 0 Å². The number of nitrogens with zero attached hydrogens (tertiary/aromatic N) is 1. The second-order valence-electron chi connectivity index (χ2n) is 2.52. The Kier molecular flexibility index (Phi) is 2.98. The van der Waals surface area contributed by atoms with Crippen molar-refractivity contribution in [2.75, 3.05) is 7.11 Å². The molecule has 1 heterocycles. The number of methoxy groups -OCH3 is 1. The summed E-state index contributed by atoms with van der Waals surface area (Å²) in [5.74, 6) is -0.487. The van der Waals surface area contributed by atoms with Crippen molar-refractivity contribution in [2.24, 2.45) is 0 Å². The highest BCUT2D eigenvalue weighted by atomic mass is 19.3. The Balaban J connectivity index is 3.54. The minimum Gasteiger partial charge on any atom is -0.490 e. The van der Waals surface area contributed by atoms with Crippen LogP contribution in [0.2, 0.25) is 0 Å². The van der Waals surface area contributed by atoms with Crippen LogP contribution in [-0.4, -0.2) is 17.0 Å². The third-order valence-corrected chi connectivity index (χ3v) is 1.63. The molecule has 1 rings (SSSR count). The molecule has 0 aromatic carbocycles. The largest absolute Gasteiger partial charge is 0.490 e. The smallest absolute Gasteiger partial charge is 0.336 e. The minimum absolute atomic E-state index is 0.487. The average molecular weight is 220 g/mol. The molecule has 15 heavy (non-hydrogen) atoms. The Labute approximate surface area is 81.6 Å². The van der Waals surface area contributed by atoms with Crippen molar-refractivity contribution < 1.29 is 18.4 Å². The first kappa shape index (κ1) is 11.1. The molecule has 0 radical (unpaired) electrons. The topological polar surface area (TPSA) is 85.2 Å². The Morgan fingerprint density at radius 3 is 2.60 bits per heavy atom. The lowest BCUT2D eigenvalue weighted by Gasteiger charge is -2.05. The van der Waals surface area contributed by atoms with Gasteiger partial charge < -0.3 is 9.72 Å². The van der Waals surface area contributed by atoms with E-state index in [1.165, 1.54) is 0 Å². The molecular weight excluding hydrogens is 214 g/mol. The molecule has 0 bridgehead atoms. The van der Waals surface area contributed by atoms with Gasteiger partial charge in [-0.15, -0.1) is 0 Å². The Morgan fingerprint density at radius 1 is 1.60 bits per heavy atom. The lowest BCUT2D eigenvalue weighted by molar-refractivity contribution is -0.387. The van der Waals surface area contributed by atoms with E-state index in [2.05, 4.69) is 4.74 Å². The molecule has 1 aromatic heterocycles. The third-order valence-electron chi connectivity index (χ3n) is 1.63. The minimum atomic E-state index is -3.15. The second-order valence-corrected chi connectivity index (χ2v) is 2.52. The summed E-state index contributed by atoms with van der Waals surface area (Å²) in [6.07, 6.45) is -3.15. The van der Waals surface area contributed by atoms with Gasteiger partial charge in [-0.1, -0.05) is 0 Å². The van der Waals surface area contributed by atoms with Crippen LogP contribution in [0.1, 0.15) is 12.1 Å². The quantitative estimate of drug-likeness (QED) is 0.613. The number of nitro groups is 1. The fraction of sp³-hybridized carbons (Fsp3) is 0.286. The Bertz CT molecular complexity index is 443. The van der Waals surface area contributed by atoms with E-state index in [1.807, 2.05) is 0 Å². The number of aromatic amines is 1. The summed E-state index contributed by atoms with van der Waals surface area (Å²) in [7, 11) is 1.05. The molecule has 82 valence electrons. The molecule has 0 saturated heterocycles. The van der Waals surface area contributed by atoms with Crippen molar-refractivity contribution in [3.8, 4) is 5.75 Å². The van der Waals surface area contributed by atoms with Gasteiger partial charge in [0.25, 0.3) is 12.0 Å². The van der Waals surface area contributed by atoms with Crippen LogP contribution in [0.5, 0.6) is 5.75 Å². The van der Waals surface area contributed by atoms with E-state index < -0.39 is 34.0 Å². The van der Waals surface area contributed by atoms with Gasteiger partial charge in [0.2, 0.25) is 5.75 Å². The van der Waals surface area contributed by atoms with Crippen LogP contribution >= 0.6 is 0 Å². The number of hydrogen-bond donors (Lipinski definition) is 1. The molecule has 0 aliphatic carbocycles. The number of rotatable bonds is 3. The summed E-state index contributed by atoms with van der Waals surface area (Å²) in [5, 5.41) is 10.5. The maximum Gasteiger partial charge on any atom is 0.336 e. The van der Waals surface area contributed by atoms with E-state index in [0.717, 1.165) is 13.2 Å². The fourth-order valence-corrected chi connectivity index (χ4v) is 1.05. The zero-order chi connectivity index (χ0) is 11.6. The van der Waals surface area contributed by atoms with Gasteiger partial charge in [0, 0.05) is 0 Å². The molecule has 0 fully saturated rings. The lowest BCUT2D eigenvalue weighted by atomic mass is 10.3. The second kappa shape index (κ2) is 4.03. The summed E-state index contributed by atoms with van der Waals surface area (Å²) in [5.41, 5.74) is -2.86. The first-order chi connectivity index (χ1) is 6.97. The number of ether oxygens (including phenoxy) is 1. The predicted molar refractivity (Wildman–Crippen MR) is 45.2 cm³/mol. The van der Waals surface area contributed by atoms with Crippen molar-refractivity contribution >= 4 is 5.69 Å². The molecule has 6 nitrogen and oxygen atoms in total. The van der Waals surface area contributed by atoms with E-state index >= 15 is 0 Å². The van der Waals surface area contributed by atoms with Crippen LogP contribution in [0.4, 0.5) is 14.5 Å². The molecule has 0 unspecified atom stereocenters. The number of alkyl halides is 2. The van der Waals surface area contributed by atoms with E-state index in [0.29, 0.717) is 0 Å². The standard InChI is InChI=1S/C7H6F2N2O4/c1-15-3-2-4(12)10-5(7(8)9)6(3)11(13)14/h2,7H,1H3,(H,10,12). The summed E-state index contributed by atoms with van der Waals surface area (Å²) in [6.45, 7) is 0. The molecular formula is C7H6F2N2O4. The molecule has 0 saturated carbocycles. The first-order valence-corrected chi connectivity index (χ1v) is 3.71. The van der Waals surface area contributed by atoms with Crippen LogP contribution in [0.25, 0.3) is 0 Å². The van der Waals surface area contributed by atoms with E-state index in [4.69, 9.17) is 0 Å². The molecule has 0 spiro atoms. The van der Waals surface area contributed by atoms with Crippen molar-refractivity contribution in [3.63, 3.8) is 0 Å². The highest BCUT2D eigenvalue weighted by Gasteiger charge is 2.28. The summed E-state index contributed by atoms with van der Waals surface area (Å²) >= 11 is 0. The van der Waals surface area contributed by atoms with Gasteiger partial charge in [0.15, 0.2) is 5.69 Å². The number of halogens is 2. The number of aromatic nitrogens is 1. The lowest BCUT2D eigenvalue weighted by Crippen LogP contribution is -2.12. The summed E-state index contributed by atoms with van der Waals surface area (Å²) in [4.78, 5) is 22.0. The van der Waals surface area contributed by atoms with Crippen LogP contribution in [0, 0.1) is 10.1 Å². The zero-order valence-corrected chi connectivity index (χ0v) is 7.49. The normalized spacial score (nSPS) is 10.4. The van der Waals surface area contributed by atoms with Crippen LogP contribution in [0.3, 0.4) is 0 Å². The van der Waals surface area contributed by atoms with Crippen LogP contribution in [-0.2, 0) is 0 Å². The van der Waals surface area contributed by atoms with Crippen molar-refractivity contribution in [1.29, 1.82) is 0 Å². The van der Waals surface area contributed by atoms with Gasteiger partial charge in [0.1, 0.15) is 0 Å². The Hall–Kier alpha value is -1.99. The third kappa shape index (κ3) is 2.09. The van der Waals surface area contributed by atoms with Crippen molar-refractivity contribution in [3.05, 3.63) is 32.2 Å². The molecule has 1 aromatic rings. The van der Waals surface area contributed by atoms with Gasteiger partial charge in [-0.25, -0.2) is 8.78 Å². The average Bonchev–Trinajstić information content (AvgIpc) is 2.15. The maximum atomic E-state index is 12.4. The SMILES string of the molecule is COc1cc(=O)[nH]c(C(F)F)c1[N+](=O)[O-].